The monoisotopic (exact) mass is 284 g/mol. The predicted molar refractivity (Wildman–Crippen MR) is 82.2 cm³/mol. The van der Waals surface area contributed by atoms with Gasteiger partial charge in [0.15, 0.2) is 0 Å². The summed E-state index contributed by atoms with van der Waals surface area (Å²) in [5.74, 6) is -0.701. The molecule has 1 saturated heterocycles. The molecule has 0 aliphatic carbocycles. The maximum absolute atomic E-state index is 11.4. The van der Waals surface area contributed by atoms with E-state index in [9.17, 15) is 9.90 Å². The first-order chi connectivity index (χ1) is 10.1. The van der Waals surface area contributed by atoms with Gasteiger partial charge in [0.1, 0.15) is 6.04 Å². The van der Waals surface area contributed by atoms with Crippen molar-refractivity contribution in [3.63, 3.8) is 0 Å². The van der Waals surface area contributed by atoms with Gasteiger partial charge in [-0.3, -0.25) is 14.7 Å². The third kappa shape index (κ3) is 3.05. The Bertz CT molecular complexity index is 669. The number of carboxylic acids is 1. The largest absolute Gasteiger partial charge is 0.480 e. The molecule has 3 rings (SSSR count). The number of fused-ring (bicyclic) bond motifs is 1. The minimum absolute atomic E-state index is 0.342. The van der Waals surface area contributed by atoms with Gasteiger partial charge in [-0.2, -0.15) is 0 Å². The fraction of sp³-hybridized carbons (Fsp3) is 0.412. The topological polar surface area (TPSA) is 53.4 Å². The van der Waals surface area contributed by atoms with Crippen molar-refractivity contribution in [2.45, 2.75) is 38.8 Å². The third-order valence-electron chi connectivity index (χ3n) is 4.18. The zero-order valence-corrected chi connectivity index (χ0v) is 12.2. The molecule has 1 unspecified atom stereocenters. The number of rotatable bonds is 3. The number of aromatic nitrogens is 1. The van der Waals surface area contributed by atoms with Gasteiger partial charge in [0.05, 0.1) is 5.52 Å². The van der Waals surface area contributed by atoms with Crippen molar-refractivity contribution in [2.75, 3.05) is 6.54 Å². The van der Waals surface area contributed by atoms with Gasteiger partial charge < -0.3 is 5.11 Å². The van der Waals surface area contributed by atoms with E-state index in [1.165, 1.54) is 0 Å². The van der Waals surface area contributed by atoms with Crippen LogP contribution in [0.15, 0.2) is 30.3 Å². The van der Waals surface area contributed by atoms with Crippen LogP contribution in [0.25, 0.3) is 10.9 Å². The molecule has 1 N–H and O–H groups in total. The number of carbonyl (C=O) groups is 1. The highest BCUT2D eigenvalue weighted by molar-refractivity contribution is 5.79. The second-order valence-corrected chi connectivity index (χ2v) is 5.80. The van der Waals surface area contributed by atoms with Crippen molar-refractivity contribution in [3.05, 3.63) is 41.6 Å². The second-order valence-electron chi connectivity index (χ2n) is 5.80. The Morgan fingerprint density at radius 3 is 3.00 bits per heavy atom. The first-order valence-electron chi connectivity index (χ1n) is 7.46. The van der Waals surface area contributed by atoms with Gasteiger partial charge in [-0.05, 0) is 50.1 Å². The lowest BCUT2D eigenvalue weighted by atomic mass is 10.0. The summed E-state index contributed by atoms with van der Waals surface area (Å²) in [5.41, 5.74) is 3.16. The number of piperidine rings is 1. The van der Waals surface area contributed by atoms with Gasteiger partial charge in [0, 0.05) is 17.6 Å². The second kappa shape index (κ2) is 5.82. The van der Waals surface area contributed by atoms with Gasteiger partial charge >= 0.3 is 5.97 Å². The first-order valence-corrected chi connectivity index (χ1v) is 7.46. The lowest BCUT2D eigenvalue weighted by Crippen LogP contribution is -2.43. The van der Waals surface area contributed by atoms with E-state index in [-0.39, 0.29) is 6.04 Å². The summed E-state index contributed by atoms with van der Waals surface area (Å²) < 4.78 is 0. The highest BCUT2D eigenvalue weighted by atomic mass is 16.4. The molecule has 1 atom stereocenters. The van der Waals surface area contributed by atoms with Crippen LogP contribution in [0.5, 0.6) is 0 Å². The van der Waals surface area contributed by atoms with Crippen molar-refractivity contribution in [1.29, 1.82) is 0 Å². The molecule has 4 nitrogen and oxygen atoms in total. The molecule has 1 aliphatic rings. The van der Waals surface area contributed by atoms with Gasteiger partial charge in [0.25, 0.3) is 0 Å². The highest BCUT2D eigenvalue weighted by Gasteiger charge is 2.28. The number of aliphatic carboxylic acids is 1. The number of nitrogens with zero attached hydrogens (tertiary/aromatic N) is 2. The van der Waals surface area contributed by atoms with E-state index in [0.717, 1.165) is 48.0 Å². The van der Waals surface area contributed by atoms with Gasteiger partial charge in [0.2, 0.25) is 0 Å². The Morgan fingerprint density at radius 2 is 2.19 bits per heavy atom. The van der Waals surface area contributed by atoms with E-state index in [0.29, 0.717) is 6.54 Å². The number of carboxylic acid groups (broad SMARTS) is 1. The molecule has 1 fully saturated rings. The van der Waals surface area contributed by atoms with Gasteiger partial charge in [-0.1, -0.05) is 18.6 Å². The number of aryl methyl sites for hydroxylation is 1. The highest BCUT2D eigenvalue weighted by Crippen LogP contribution is 2.22. The zero-order chi connectivity index (χ0) is 14.8. The smallest absolute Gasteiger partial charge is 0.320 e. The van der Waals surface area contributed by atoms with Crippen molar-refractivity contribution in [2.24, 2.45) is 0 Å². The molecule has 4 heteroatoms. The van der Waals surface area contributed by atoms with Crippen LogP contribution in [0.4, 0.5) is 0 Å². The van der Waals surface area contributed by atoms with E-state index in [1.807, 2.05) is 19.1 Å². The molecule has 0 spiro atoms. The molecular weight excluding hydrogens is 264 g/mol. The molecular formula is C17H20N2O2. The van der Waals surface area contributed by atoms with E-state index >= 15 is 0 Å². The summed E-state index contributed by atoms with van der Waals surface area (Å²) in [5, 5.41) is 10.5. The predicted octanol–water partition coefficient (Wildman–Crippen LogP) is 2.98. The summed E-state index contributed by atoms with van der Waals surface area (Å²) in [6.07, 6.45) is 2.84. The minimum atomic E-state index is -0.701. The van der Waals surface area contributed by atoms with Crippen LogP contribution in [0.2, 0.25) is 0 Å². The summed E-state index contributed by atoms with van der Waals surface area (Å²) in [4.78, 5) is 17.9. The Morgan fingerprint density at radius 1 is 1.33 bits per heavy atom. The first kappa shape index (κ1) is 14.0. The number of likely N-dealkylation sites (tertiary alicyclic amines) is 1. The van der Waals surface area contributed by atoms with Crippen molar-refractivity contribution in [3.8, 4) is 0 Å². The van der Waals surface area contributed by atoms with Crippen LogP contribution in [0.1, 0.15) is 30.5 Å². The van der Waals surface area contributed by atoms with E-state index in [1.54, 1.807) is 0 Å². The average Bonchev–Trinajstić information content (AvgIpc) is 2.48. The van der Waals surface area contributed by atoms with E-state index in [2.05, 4.69) is 28.1 Å². The number of hydrogen-bond acceptors (Lipinski definition) is 3. The maximum Gasteiger partial charge on any atom is 0.320 e. The lowest BCUT2D eigenvalue weighted by Gasteiger charge is -2.32. The normalized spacial score (nSPS) is 19.8. The Labute approximate surface area is 124 Å². The van der Waals surface area contributed by atoms with E-state index < -0.39 is 5.97 Å². The van der Waals surface area contributed by atoms with Crippen LogP contribution >= 0.6 is 0 Å². The van der Waals surface area contributed by atoms with Gasteiger partial charge in [-0.15, -0.1) is 0 Å². The molecule has 0 saturated carbocycles. The van der Waals surface area contributed by atoms with E-state index in [4.69, 9.17) is 0 Å². The zero-order valence-electron chi connectivity index (χ0n) is 12.2. The summed E-state index contributed by atoms with van der Waals surface area (Å²) in [6, 6.07) is 9.94. The van der Waals surface area contributed by atoms with Crippen LogP contribution in [0.3, 0.4) is 0 Å². The molecule has 0 radical (unpaired) electrons. The van der Waals surface area contributed by atoms with Crippen molar-refractivity contribution < 1.29 is 9.90 Å². The maximum atomic E-state index is 11.4. The number of pyridine rings is 1. The molecule has 0 bridgehead atoms. The fourth-order valence-corrected chi connectivity index (χ4v) is 3.07. The average molecular weight is 284 g/mol. The van der Waals surface area contributed by atoms with Crippen LogP contribution < -0.4 is 0 Å². The molecule has 1 aliphatic heterocycles. The van der Waals surface area contributed by atoms with Crippen LogP contribution in [0, 0.1) is 6.92 Å². The molecule has 1 aromatic carbocycles. The quantitative estimate of drug-likeness (QED) is 0.941. The van der Waals surface area contributed by atoms with Crippen LogP contribution in [-0.4, -0.2) is 33.5 Å². The SMILES string of the molecule is Cc1ccc2cc(CN3CCCCC3C(=O)O)ccc2n1. The molecule has 21 heavy (non-hydrogen) atoms. The molecule has 110 valence electrons. The standard InChI is InChI=1S/C17H20N2O2/c1-12-5-7-14-10-13(6-8-15(14)18-12)11-19-9-3-2-4-16(19)17(20)21/h5-8,10,16H,2-4,9,11H2,1H3,(H,20,21). The third-order valence-corrected chi connectivity index (χ3v) is 4.18. The van der Waals surface area contributed by atoms with Gasteiger partial charge in [-0.25, -0.2) is 0 Å². The Balaban J connectivity index is 1.83. The number of hydrogen-bond donors (Lipinski definition) is 1. The number of benzene rings is 1. The minimum Gasteiger partial charge on any atom is -0.480 e. The molecule has 2 aromatic rings. The van der Waals surface area contributed by atoms with Crippen molar-refractivity contribution in [1.82, 2.24) is 9.88 Å². The molecule has 1 aromatic heterocycles. The summed E-state index contributed by atoms with van der Waals surface area (Å²) in [7, 11) is 0. The summed E-state index contributed by atoms with van der Waals surface area (Å²) in [6.45, 7) is 3.54. The van der Waals surface area contributed by atoms with Crippen LogP contribution in [-0.2, 0) is 11.3 Å². The fourth-order valence-electron chi connectivity index (χ4n) is 3.07. The summed E-state index contributed by atoms with van der Waals surface area (Å²) >= 11 is 0. The lowest BCUT2D eigenvalue weighted by molar-refractivity contribution is -0.144. The molecule has 0 amide bonds. The Hall–Kier alpha value is -1.94. The molecule has 2 heterocycles. The van der Waals surface area contributed by atoms with Crippen molar-refractivity contribution >= 4 is 16.9 Å². The Kier molecular flexibility index (Phi) is 3.88.